The molecule has 0 atom stereocenters. The largest absolute Gasteiger partial charge is 0.478 e. The number of Topliss-reactive ketones (excluding diaryl/α,β-unsaturated/α-hetero) is 1. The Kier molecular flexibility index (Phi) is 3.31. The van der Waals surface area contributed by atoms with Gasteiger partial charge < -0.3 is 5.11 Å². The van der Waals surface area contributed by atoms with Crippen molar-refractivity contribution in [1.29, 1.82) is 0 Å². The zero-order chi connectivity index (χ0) is 15.0. The van der Waals surface area contributed by atoms with Crippen molar-refractivity contribution in [2.24, 2.45) is 0 Å². The van der Waals surface area contributed by atoms with E-state index in [0.717, 1.165) is 0 Å². The number of ketones is 1. The second-order valence-corrected chi connectivity index (χ2v) is 5.09. The van der Waals surface area contributed by atoms with Crippen LogP contribution in [0, 0.1) is 0 Å². The Labute approximate surface area is 125 Å². The molecule has 0 fully saturated rings. The van der Waals surface area contributed by atoms with Gasteiger partial charge in [0.1, 0.15) is 0 Å². The zero-order valence-electron chi connectivity index (χ0n) is 10.8. The lowest BCUT2D eigenvalue weighted by molar-refractivity contribution is 0.0695. The number of hydrogen-bond acceptors (Lipinski definition) is 3. The van der Waals surface area contributed by atoms with E-state index >= 15 is 0 Å². The fourth-order valence-corrected chi connectivity index (χ4v) is 2.61. The third kappa shape index (κ3) is 2.34. The Balaban J connectivity index is 1.98. The number of carbonyl (C=O) groups is 2. The highest BCUT2D eigenvalue weighted by Crippen LogP contribution is 2.30. The molecule has 0 saturated heterocycles. The maximum absolute atomic E-state index is 12.5. The van der Waals surface area contributed by atoms with Gasteiger partial charge in [0.15, 0.2) is 5.78 Å². The maximum Gasteiger partial charge on any atom is 0.336 e. The summed E-state index contributed by atoms with van der Waals surface area (Å²) in [5.41, 5.74) is 2.19. The standard InChI is InChI=1S/C16H10ClNO3/c17-13-4-2-1-3-11(13)15(19)9-7-12-10(16(20)21)5-6-18-14(12)8-9/h1-6,8H,7H2,(H,20,21). The fraction of sp³-hybridized carbons (Fsp3) is 0.0625. The van der Waals surface area contributed by atoms with E-state index in [1.807, 2.05) is 0 Å². The van der Waals surface area contributed by atoms with Crippen LogP contribution in [0.5, 0.6) is 0 Å². The predicted octanol–water partition coefficient (Wildman–Crippen LogP) is 3.26. The van der Waals surface area contributed by atoms with Gasteiger partial charge in [0.25, 0.3) is 0 Å². The number of hydrogen-bond donors (Lipinski definition) is 1. The Morgan fingerprint density at radius 2 is 1.90 bits per heavy atom. The Morgan fingerprint density at radius 1 is 1.14 bits per heavy atom. The third-order valence-corrected chi connectivity index (χ3v) is 3.74. The van der Waals surface area contributed by atoms with Crippen LogP contribution in [0.3, 0.4) is 0 Å². The van der Waals surface area contributed by atoms with Gasteiger partial charge in [-0.2, -0.15) is 0 Å². The van der Waals surface area contributed by atoms with Gasteiger partial charge in [-0.15, -0.1) is 0 Å². The zero-order valence-corrected chi connectivity index (χ0v) is 11.6. The maximum atomic E-state index is 12.5. The number of nitrogens with zero attached hydrogens (tertiary/aromatic N) is 1. The Morgan fingerprint density at radius 3 is 2.62 bits per heavy atom. The topological polar surface area (TPSA) is 67.3 Å². The van der Waals surface area contributed by atoms with Crippen LogP contribution in [-0.4, -0.2) is 21.8 Å². The number of fused-ring (bicyclic) bond motifs is 1. The van der Waals surface area contributed by atoms with Gasteiger partial charge in [0.2, 0.25) is 0 Å². The van der Waals surface area contributed by atoms with Crippen LogP contribution in [0.2, 0.25) is 5.02 Å². The number of carboxylic acids is 1. The molecule has 0 saturated carbocycles. The Bertz CT molecular complexity index is 796. The van der Waals surface area contributed by atoms with Gasteiger partial charge >= 0.3 is 5.97 Å². The average Bonchev–Trinajstić information content (AvgIpc) is 2.90. The second-order valence-electron chi connectivity index (χ2n) is 4.68. The number of allylic oxidation sites excluding steroid dienone is 1. The van der Waals surface area contributed by atoms with E-state index in [4.69, 9.17) is 11.6 Å². The normalized spacial score (nSPS) is 12.7. The van der Waals surface area contributed by atoms with Gasteiger partial charge in [0, 0.05) is 23.8 Å². The van der Waals surface area contributed by atoms with Gasteiger partial charge in [0.05, 0.1) is 16.3 Å². The van der Waals surface area contributed by atoms with Crippen molar-refractivity contribution in [3.63, 3.8) is 0 Å². The smallest absolute Gasteiger partial charge is 0.336 e. The lowest BCUT2D eigenvalue weighted by atomic mass is 10.00. The first-order valence-electron chi connectivity index (χ1n) is 6.29. The summed E-state index contributed by atoms with van der Waals surface area (Å²) in [4.78, 5) is 27.8. The molecule has 21 heavy (non-hydrogen) atoms. The van der Waals surface area contributed by atoms with Crippen LogP contribution in [-0.2, 0) is 6.42 Å². The number of rotatable bonds is 3. The minimum Gasteiger partial charge on any atom is -0.478 e. The fourth-order valence-electron chi connectivity index (χ4n) is 2.39. The van der Waals surface area contributed by atoms with Crippen LogP contribution in [0.1, 0.15) is 32.0 Å². The molecular formula is C16H10ClNO3. The molecule has 0 spiro atoms. The van der Waals surface area contributed by atoms with Gasteiger partial charge in [-0.25, -0.2) is 4.79 Å². The quantitative estimate of drug-likeness (QED) is 0.883. The summed E-state index contributed by atoms with van der Waals surface area (Å²) in [6.07, 6.45) is 3.32. The summed E-state index contributed by atoms with van der Waals surface area (Å²) in [5, 5.41) is 9.56. The summed E-state index contributed by atoms with van der Waals surface area (Å²) in [7, 11) is 0. The second kappa shape index (κ2) is 5.14. The van der Waals surface area contributed by atoms with Crippen molar-refractivity contribution < 1.29 is 14.7 Å². The van der Waals surface area contributed by atoms with E-state index in [2.05, 4.69) is 4.98 Å². The molecule has 1 N–H and O–H groups in total. The summed E-state index contributed by atoms with van der Waals surface area (Å²) in [5.74, 6) is -1.22. The van der Waals surface area contributed by atoms with Crippen LogP contribution < -0.4 is 0 Å². The van der Waals surface area contributed by atoms with Crippen LogP contribution >= 0.6 is 11.6 Å². The van der Waals surface area contributed by atoms with Gasteiger partial charge in [-0.05, 0) is 29.8 Å². The van der Waals surface area contributed by atoms with Crippen molar-refractivity contribution in [2.45, 2.75) is 6.42 Å². The van der Waals surface area contributed by atoms with E-state index in [1.165, 1.54) is 12.3 Å². The van der Waals surface area contributed by atoms with E-state index in [-0.39, 0.29) is 17.8 Å². The molecule has 5 heteroatoms. The minimum absolute atomic E-state index is 0.179. The number of aromatic nitrogens is 1. The van der Waals surface area contributed by atoms with Gasteiger partial charge in [-0.3, -0.25) is 9.78 Å². The highest BCUT2D eigenvalue weighted by atomic mass is 35.5. The SMILES string of the molecule is O=C(C1=Cc2nccc(C(=O)O)c2C1)c1ccccc1Cl. The van der Waals surface area contributed by atoms with E-state index in [1.54, 1.807) is 30.3 Å². The lowest BCUT2D eigenvalue weighted by Gasteiger charge is -2.05. The van der Waals surface area contributed by atoms with Crippen molar-refractivity contribution in [3.8, 4) is 0 Å². The molecule has 1 aromatic carbocycles. The molecule has 0 bridgehead atoms. The molecular weight excluding hydrogens is 290 g/mol. The first-order valence-corrected chi connectivity index (χ1v) is 6.66. The molecule has 0 radical (unpaired) electrons. The molecule has 1 aliphatic rings. The van der Waals surface area contributed by atoms with Crippen molar-refractivity contribution in [2.75, 3.05) is 0 Å². The van der Waals surface area contributed by atoms with E-state index in [0.29, 0.717) is 27.4 Å². The molecule has 1 aliphatic carbocycles. The molecule has 2 aromatic rings. The predicted molar refractivity (Wildman–Crippen MR) is 78.7 cm³/mol. The van der Waals surface area contributed by atoms with Crippen LogP contribution in [0.25, 0.3) is 6.08 Å². The number of carboxylic acid groups (broad SMARTS) is 1. The first kappa shape index (κ1) is 13.5. The number of halogens is 1. The van der Waals surface area contributed by atoms with Crippen molar-refractivity contribution in [3.05, 3.63) is 69.5 Å². The molecule has 3 rings (SSSR count). The summed E-state index contributed by atoms with van der Waals surface area (Å²) in [6, 6.07) is 8.24. The highest BCUT2D eigenvalue weighted by Gasteiger charge is 2.25. The molecule has 0 aliphatic heterocycles. The molecule has 0 amide bonds. The average molecular weight is 300 g/mol. The van der Waals surface area contributed by atoms with Crippen molar-refractivity contribution >= 4 is 29.4 Å². The number of carbonyl (C=O) groups excluding carboxylic acids is 1. The summed E-state index contributed by atoms with van der Waals surface area (Å²) in [6.45, 7) is 0. The van der Waals surface area contributed by atoms with Gasteiger partial charge in [-0.1, -0.05) is 23.7 Å². The minimum atomic E-state index is -1.02. The van der Waals surface area contributed by atoms with Crippen LogP contribution in [0.4, 0.5) is 0 Å². The van der Waals surface area contributed by atoms with Crippen LogP contribution in [0.15, 0.2) is 42.1 Å². The van der Waals surface area contributed by atoms with Crippen molar-refractivity contribution in [1.82, 2.24) is 4.98 Å². The lowest BCUT2D eigenvalue weighted by Crippen LogP contribution is -2.07. The summed E-state index contributed by atoms with van der Waals surface area (Å²) >= 11 is 6.03. The van der Waals surface area contributed by atoms with E-state index in [9.17, 15) is 14.7 Å². The first-order chi connectivity index (χ1) is 10.1. The number of pyridine rings is 1. The summed E-state index contributed by atoms with van der Waals surface area (Å²) < 4.78 is 0. The molecule has 104 valence electrons. The number of benzene rings is 1. The Hall–Kier alpha value is -2.46. The van der Waals surface area contributed by atoms with E-state index < -0.39 is 5.97 Å². The molecule has 0 unspecified atom stereocenters. The molecule has 1 heterocycles. The molecule has 1 aromatic heterocycles. The number of aromatic carboxylic acids is 1. The highest BCUT2D eigenvalue weighted by molar-refractivity contribution is 6.35. The third-order valence-electron chi connectivity index (χ3n) is 3.41. The molecule has 4 nitrogen and oxygen atoms in total. The monoisotopic (exact) mass is 299 g/mol.